The predicted octanol–water partition coefficient (Wildman–Crippen LogP) is 2.00. The van der Waals surface area contributed by atoms with Crippen molar-refractivity contribution in [3.05, 3.63) is 23.8 Å². The van der Waals surface area contributed by atoms with Gasteiger partial charge in [0, 0.05) is 11.4 Å². The maximum atomic E-state index is 12.1. The Bertz CT molecular complexity index is 535. The molecule has 1 saturated heterocycles. The minimum Gasteiger partial charge on any atom is -0.497 e. The van der Waals surface area contributed by atoms with Crippen molar-refractivity contribution in [1.82, 2.24) is 4.90 Å². The predicted molar refractivity (Wildman–Crippen MR) is 77.3 cm³/mol. The van der Waals surface area contributed by atoms with Crippen LogP contribution in [0.1, 0.15) is 5.56 Å². The zero-order valence-electron chi connectivity index (χ0n) is 11.3. The Morgan fingerprint density at radius 2 is 2.25 bits per heavy atom. The fourth-order valence-corrected chi connectivity index (χ4v) is 3.08. The Labute approximate surface area is 121 Å². The van der Waals surface area contributed by atoms with E-state index < -0.39 is 18.0 Å². The molecule has 1 aromatic carbocycles. The molecule has 0 aliphatic carbocycles. The highest BCUT2D eigenvalue weighted by molar-refractivity contribution is 7.99. The number of nitrogens with one attached hydrogen (secondary N) is 1. The topological polar surface area (TPSA) is 78.9 Å². The van der Waals surface area contributed by atoms with E-state index in [2.05, 4.69) is 5.32 Å². The summed E-state index contributed by atoms with van der Waals surface area (Å²) in [5, 5.41) is 11.8. The third-order valence-electron chi connectivity index (χ3n) is 3.10. The van der Waals surface area contributed by atoms with Gasteiger partial charge in [-0.05, 0) is 30.7 Å². The van der Waals surface area contributed by atoms with E-state index in [1.165, 1.54) is 16.7 Å². The van der Waals surface area contributed by atoms with E-state index in [0.717, 1.165) is 5.56 Å². The number of anilines is 1. The number of rotatable bonds is 3. The van der Waals surface area contributed by atoms with Gasteiger partial charge in [0.2, 0.25) is 0 Å². The number of hydrogen-bond donors (Lipinski definition) is 2. The van der Waals surface area contributed by atoms with E-state index in [1.54, 1.807) is 19.2 Å². The number of amides is 2. The summed E-state index contributed by atoms with van der Waals surface area (Å²) in [5.41, 5.74) is 1.51. The second-order valence-corrected chi connectivity index (χ2v) is 5.43. The van der Waals surface area contributed by atoms with Gasteiger partial charge in [0.25, 0.3) is 0 Å². The molecule has 6 nitrogen and oxygen atoms in total. The van der Waals surface area contributed by atoms with E-state index in [9.17, 15) is 9.59 Å². The molecule has 1 aromatic rings. The third-order valence-corrected chi connectivity index (χ3v) is 4.12. The van der Waals surface area contributed by atoms with E-state index in [1.807, 2.05) is 13.0 Å². The average Bonchev–Trinajstić information content (AvgIpc) is 2.90. The smallest absolute Gasteiger partial charge is 0.327 e. The molecule has 0 saturated carbocycles. The second-order valence-electron chi connectivity index (χ2n) is 4.43. The quantitative estimate of drug-likeness (QED) is 0.892. The van der Waals surface area contributed by atoms with Crippen LogP contribution in [0.3, 0.4) is 0 Å². The molecule has 1 aliphatic heterocycles. The lowest BCUT2D eigenvalue weighted by Crippen LogP contribution is -2.44. The van der Waals surface area contributed by atoms with Crippen molar-refractivity contribution in [1.29, 1.82) is 0 Å². The highest BCUT2D eigenvalue weighted by atomic mass is 32.2. The van der Waals surface area contributed by atoms with Gasteiger partial charge in [-0.2, -0.15) is 0 Å². The molecule has 0 bridgehead atoms. The number of carboxylic acid groups (broad SMARTS) is 1. The molecule has 0 aromatic heterocycles. The number of urea groups is 1. The number of methoxy groups -OCH3 is 1. The highest BCUT2D eigenvalue weighted by Crippen LogP contribution is 2.24. The van der Waals surface area contributed by atoms with Gasteiger partial charge in [-0.3, -0.25) is 0 Å². The van der Waals surface area contributed by atoms with Gasteiger partial charge in [-0.15, -0.1) is 11.8 Å². The lowest BCUT2D eigenvalue weighted by molar-refractivity contribution is -0.140. The van der Waals surface area contributed by atoms with Crippen molar-refractivity contribution in [2.75, 3.05) is 24.1 Å². The molecule has 2 amide bonds. The lowest BCUT2D eigenvalue weighted by Gasteiger charge is -2.21. The van der Waals surface area contributed by atoms with E-state index in [-0.39, 0.29) is 0 Å². The molecule has 1 fully saturated rings. The first-order valence-electron chi connectivity index (χ1n) is 6.05. The van der Waals surface area contributed by atoms with E-state index in [4.69, 9.17) is 9.84 Å². The highest BCUT2D eigenvalue weighted by Gasteiger charge is 2.34. The molecule has 7 heteroatoms. The number of aliphatic carboxylic acids is 1. The molecule has 2 rings (SSSR count). The maximum absolute atomic E-state index is 12.1. The number of ether oxygens (including phenoxy) is 1. The van der Waals surface area contributed by atoms with Crippen LogP contribution < -0.4 is 10.1 Å². The van der Waals surface area contributed by atoms with Gasteiger partial charge in [-0.1, -0.05) is 0 Å². The summed E-state index contributed by atoms with van der Waals surface area (Å²) in [6.07, 6.45) is 0. The van der Waals surface area contributed by atoms with Crippen LogP contribution in [0.5, 0.6) is 5.75 Å². The van der Waals surface area contributed by atoms with Crippen LogP contribution in [-0.2, 0) is 4.79 Å². The van der Waals surface area contributed by atoms with Crippen LogP contribution in [0.25, 0.3) is 0 Å². The van der Waals surface area contributed by atoms with Gasteiger partial charge in [-0.25, -0.2) is 9.59 Å². The van der Waals surface area contributed by atoms with Crippen LogP contribution in [0.2, 0.25) is 0 Å². The normalized spacial score (nSPS) is 17.9. The molecular weight excluding hydrogens is 280 g/mol. The molecule has 2 N–H and O–H groups in total. The monoisotopic (exact) mass is 296 g/mol. The molecule has 20 heavy (non-hydrogen) atoms. The van der Waals surface area contributed by atoms with Crippen molar-refractivity contribution >= 4 is 29.4 Å². The standard InChI is InChI=1S/C13H16N2O4S/c1-8-5-9(19-2)3-4-10(8)14-13(18)15-7-20-6-11(15)12(16)17/h3-5,11H,6-7H2,1-2H3,(H,14,18)(H,16,17)/t11-/m0/s1. The van der Waals surface area contributed by atoms with Crippen molar-refractivity contribution in [3.63, 3.8) is 0 Å². The van der Waals surface area contributed by atoms with E-state index >= 15 is 0 Å². The van der Waals surface area contributed by atoms with Crippen LogP contribution >= 0.6 is 11.8 Å². The number of thioether (sulfide) groups is 1. The van der Waals surface area contributed by atoms with Gasteiger partial charge >= 0.3 is 12.0 Å². The zero-order valence-corrected chi connectivity index (χ0v) is 12.1. The number of carbonyl (C=O) groups excluding carboxylic acids is 1. The molecule has 0 spiro atoms. The maximum Gasteiger partial charge on any atom is 0.327 e. The van der Waals surface area contributed by atoms with Gasteiger partial charge in [0.05, 0.1) is 13.0 Å². The fourth-order valence-electron chi connectivity index (χ4n) is 1.94. The average molecular weight is 296 g/mol. The molecule has 0 unspecified atom stereocenters. The summed E-state index contributed by atoms with van der Waals surface area (Å²) in [7, 11) is 1.58. The Kier molecular flexibility index (Phi) is 4.39. The molecular formula is C13H16N2O4S. The van der Waals surface area contributed by atoms with E-state index in [0.29, 0.717) is 23.1 Å². The Hall–Kier alpha value is -1.89. The summed E-state index contributed by atoms with van der Waals surface area (Å²) in [6, 6.07) is 4.14. The van der Waals surface area contributed by atoms with Crippen molar-refractivity contribution in [2.45, 2.75) is 13.0 Å². The molecule has 1 atom stereocenters. The summed E-state index contributed by atoms with van der Waals surface area (Å²) in [6.45, 7) is 1.85. The first-order chi connectivity index (χ1) is 9.52. The van der Waals surface area contributed by atoms with Crippen molar-refractivity contribution < 1.29 is 19.4 Å². The minimum atomic E-state index is -0.975. The first-order valence-corrected chi connectivity index (χ1v) is 7.21. The Morgan fingerprint density at radius 3 is 2.85 bits per heavy atom. The number of carboxylic acids is 1. The van der Waals surface area contributed by atoms with Crippen molar-refractivity contribution in [3.8, 4) is 5.75 Å². The number of aryl methyl sites for hydroxylation is 1. The molecule has 1 aliphatic rings. The number of carbonyl (C=O) groups is 2. The van der Waals surface area contributed by atoms with Crippen LogP contribution in [-0.4, -0.2) is 46.8 Å². The Balaban J connectivity index is 2.10. The second kappa shape index (κ2) is 6.04. The van der Waals surface area contributed by atoms with Gasteiger partial charge < -0.3 is 20.1 Å². The number of benzene rings is 1. The van der Waals surface area contributed by atoms with Crippen LogP contribution in [0.4, 0.5) is 10.5 Å². The molecule has 1 heterocycles. The van der Waals surface area contributed by atoms with Gasteiger partial charge in [0.1, 0.15) is 11.8 Å². The lowest BCUT2D eigenvalue weighted by atomic mass is 10.2. The zero-order chi connectivity index (χ0) is 14.7. The van der Waals surface area contributed by atoms with Crippen LogP contribution in [0.15, 0.2) is 18.2 Å². The van der Waals surface area contributed by atoms with Crippen molar-refractivity contribution in [2.24, 2.45) is 0 Å². The molecule has 0 radical (unpaired) electrons. The SMILES string of the molecule is COc1ccc(NC(=O)N2CSC[C@H]2C(=O)O)c(C)c1. The van der Waals surface area contributed by atoms with Gasteiger partial charge in [0.15, 0.2) is 0 Å². The minimum absolute atomic E-state index is 0.387. The summed E-state index contributed by atoms with van der Waals surface area (Å²) in [4.78, 5) is 24.5. The van der Waals surface area contributed by atoms with Crippen LogP contribution in [0, 0.1) is 6.92 Å². The molecule has 108 valence electrons. The largest absolute Gasteiger partial charge is 0.497 e. The summed E-state index contributed by atoms with van der Waals surface area (Å²) < 4.78 is 5.10. The fraction of sp³-hybridized carbons (Fsp3) is 0.385. The summed E-state index contributed by atoms with van der Waals surface area (Å²) >= 11 is 1.43. The number of nitrogens with zero attached hydrogens (tertiary/aromatic N) is 1. The summed E-state index contributed by atoms with van der Waals surface area (Å²) in [5.74, 6) is 0.541. The third kappa shape index (κ3) is 2.98. The first kappa shape index (κ1) is 14.5. The Morgan fingerprint density at radius 1 is 1.50 bits per heavy atom. The number of hydrogen-bond acceptors (Lipinski definition) is 4.